The van der Waals surface area contributed by atoms with Gasteiger partial charge in [0.15, 0.2) is 0 Å². The minimum Gasteiger partial charge on any atom is -0.290 e. The second-order valence-electron chi connectivity index (χ2n) is 2.53. The van der Waals surface area contributed by atoms with Gasteiger partial charge < -0.3 is 0 Å². The Kier molecular flexibility index (Phi) is 2.36. The first-order valence-electron chi connectivity index (χ1n) is 4.09. The molecule has 0 spiro atoms. The standard InChI is InChI=1S/C8H7F3N2O/c9-8(10,11)6-3-1-5(2-4-6)7(14)13-12/h1-4H,12H2,(H,13,14)/i/hD. The molecule has 0 aliphatic rings. The quantitative estimate of drug-likeness (QED) is 0.434. The van der Waals surface area contributed by atoms with Crippen LogP contribution in [0.2, 0.25) is 1.41 Å². The topological polar surface area (TPSA) is 55.1 Å². The van der Waals surface area contributed by atoms with E-state index in [-0.39, 0.29) is 5.56 Å². The van der Waals surface area contributed by atoms with Gasteiger partial charge in [-0.3, -0.25) is 10.2 Å². The zero-order valence-electron chi connectivity index (χ0n) is 7.85. The average molecular weight is 205 g/mol. The van der Waals surface area contributed by atoms with Crippen LogP contribution in [0.25, 0.3) is 0 Å². The number of hydrazine groups is 1. The molecule has 0 heterocycles. The molecule has 0 saturated heterocycles. The number of nitrogen functional groups attached to an aromatic ring is 1. The third kappa shape index (κ3) is 2.23. The number of carbonyl (C=O) groups is 1. The first kappa shape index (κ1) is 9.01. The van der Waals surface area contributed by atoms with Crippen molar-refractivity contribution in [3.8, 4) is 0 Å². The zero-order chi connectivity index (χ0) is 11.5. The number of benzene rings is 1. The molecule has 0 aliphatic heterocycles. The first-order chi connectivity index (χ1) is 6.95. The molecule has 76 valence electrons. The smallest absolute Gasteiger partial charge is 0.290 e. The summed E-state index contributed by atoms with van der Waals surface area (Å²) in [6, 6.07) is 3.68. The van der Waals surface area contributed by atoms with Gasteiger partial charge in [0.05, 0.1) is 5.56 Å². The minimum absolute atomic E-state index is 0.0442. The van der Waals surface area contributed by atoms with Gasteiger partial charge in [0.2, 0.25) is 0 Å². The lowest BCUT2D eigenvalue weighted by Crippen LogP contribution is -2.29. The van der Waals surface area contributed by atoms with E-state index in [9.17, 15) is 18.0 Å². The molecule has 0 bridgehead atoms. The van der Waals surface area contributed by atoms with Crippen LogP contribution in [0.5, 0.6) is 0 Å². The van der Waals surface area contributed by atoms with Gasteiger partial charge in [0.1, 0.15) is 1.41 Å². The van der Waals surface area contributed by atoms with Crippen molar-refractivity contribution in [3.63, 3.8) is 0 Å². The number of amides is 1. The Morgan fingerprint density at radius 3 is 2.36 bits per heavy atom. The normalized spacial score (nSPS) is 12.1. The van der Waals surface area contributed by atoms with E-state index in [1.807, 2.05) is 5.43 Å². The number of rotatable bonds is 2. The summed E-state index contributed by atoms with van der Waals surface area (Å²) in [4.78, 5) is 11.0. The van der Waals surface area contributed by atoms with E-state index in [0.717, 1.165) is 24.3 Å². The van der Waals surface area contributed by atoms with E-state index in [1.54, 1.807) is 5.84 Å². The van der Waals surface area contributed by atoms with Gasteiger partial charge >= 0.3 is 6.18 Å². The molecule has 0 aromatic heterocycles. The number of halogens is 3. The molecule has 3 N–H and O–H groups in total. The van der Waals surface area contributed by atoms with Crippen LogP contribution in [-0.2, 0) is 6.18 Å². The summed E-state index contributed by atoms with van der Waals surface area (Å²) in [5.74, 6) is 0.971. The lowest BCUT2D eigenvalue weighted by molar-refractivity contribution is -0.137. The highest BCUT2D eigenvalue weighted by Gasteiger charge is 2.30. The molecule has 1 aromatic rings. The maximum atomic E-state index is 12.1. The number of hydrogen-bond acceptors (Lipinski definition) is 2. The molecule has 1 amide bonds. The maximum absolute atomic E-state index is 12.1. The molecule has 1 aromatic carbocycles. The van der Waals surface area contributed by atoms with Gasteiger partial charge in [-0.15, -0.1) is 0 Å². The lowest BCUT2D eigenvalue weighted by Gasteiger charge is -2.06. The van der Waals surface area contributed by atoms with Gasteiger partial charge in [-0.1, -0.05) is 0 Å². The highest BCUT2D eigenvalue weighted by Crippen LogP contribution is 2.28. The van der Waals surface area contributed by atoms with Crippen molar-refractivity contribution in [2.45, 2.75) is 6.18 Å². The van der Waals surface area contributed by atoms with Crippen molar-refractivity contribution in [3.05, 3.63) is 35.4 Å². The molecule has 0 aliphatic carbocycles. The van der Waals surface area contributed by atoms with Gasteiger partial charge in [-0.2, -0.15) is 13.2 Å². The average Bonchev–Trinajstić information content (AvgIpc) is 2.17. The fourth-order valence-electron chi connectivity index (χ4n) is 0.883. The van der Waals surface area contributed by atoms with Crippen LogP contribution in [0.3, 0.4) is 0 Å². The molecule has 6 heteroatoms. The third-order valence-electron chi connectivity index (χ3n) is 1.59. The van der Waals surface area contributed by atoms with Crippen molar-refractivity contribution in [2.75, 3.05) is 0 Å². The molecule has 0 radical (unpaired) electrons. The Hall–Kier alpha value is -1.56. The number of hydrogen-bond donors (Lipinski definition) is 2. The monoisotopic (exact) mass is 205 g/mol. The predicted molar refractivity (Wildman–Crippen MR) is 43.1 cm³/mol. The SMILES string of the molecule is [2H]NNC(=O)c1ccc(C(F)(F)F)cc1. The Labute approximate surface area is 79.1 Å². The Balaban J connectivity index is 2.86. The number of nitrogens with two attached hydrogens (primary N) is 1. The number of carbonyl (C=O) groups excluding carboxylic acids is 1. The van der Waals surface area contributed by atoms with E-state index >= 15 is 0 Å². The summed E-state index contributed by atoms with van der Waals surface area (Å²) in [6.45, 7) is 0. The van der Waals surface area contributed by atoms with Crippen LogP contribution in [0, 0.1) is 0 Å². The highest BCUT2D eigenvalue weighted by molar-refractivity contribution is 5.93. The van der Waals surface area contributed by atoms with E-state index in [4.69, 9.17) is 1.41 Å². The van der Waals surface area contributed by atoms with Crippen LogP contribution >= 0.6 is 0 Å². The second kappa shape index (κ2) is 3.67. The Morgan fingerprint density at radius 2 is 1.93 bits per heavy atom. The lowest BCUT2D eigenvalue weighted by atomic mass is 10.1. The summed E-state index contributed by atoms with van der Waals surface area (Å²) in [5, 5.41) is 0. The largest absolute Gasteiger partial charge is 0.416 e. The van der Waals surface area contributed by atoms with Crippen molar-refractivity contribution < 1.29 is 19.4 Å². The molecule has 0 unspecified atom stereocenters. The predicted octanol–water partition coefficient (Wildman–Crippen LogP) is 1.31. The molecular formula is C8H7F3N2O. The number of nitrogens with one attached hydrogen (secondary N) is 1. The molecule has 1 rings (SSSR count). The molecule has 3 nitrogen and oxygen atoms in total. The van der Waals surface area contributed by atoms with E-state index < -0.39 is 17.6 Å². The summed E-state index contributed by atoms with van der Waals surface area (Å²) >= 11 is 0. The third-order valence-corrected chi connectivity index (χ3v) is 1.59. The molecule has 14 heavy (non-hydrogen) atoms. The molecule has 0 saturated carbocycles. The number of alkyl halides is 3. The van der Waals surface area contributed by atoms with E-state index in [1.165, 1.54) is 0 Å². The Bertz CT molecular complexity index is 350. The zero-order valence-corrected chi connectivity index (χ0v) is 6.85. The van der Waals surface area contributed by atoms with Gasteiger partial charge in [0.25, 0.3) is 5.91 Å². The maximum Gasteiger partial charge on any atom is 0.416 e. The molecule has 0 fully saturated rings. The summed E-state index contributed by atoms with van der Waals surface area (Å²) in [7, 11) is 0. The van der Waals surface area contributed by atoms with Crippen LogP contribution < -0.4 is 11.3 Å². The van der Waals surface area contributed by atoms with Crippen LogP contribution in [-0.4, -0.2) is 5.91 Å². The fraction of sp³-hybridized carbons (Fsp3) is 0.125. The summed E-state index contributed by atoms with van der Waals surface area (Å²) in [5.41, 5.74) is 1.14. The van der Waals surface area contributed by atoms with Gasteiger partial charge in [-0.25, -0.2) is 5.84 Å². The van der Waals surface area contributed by atoms with Crippen molar-refractivity contribution in [1.29, 1.82) is 0 Å². The first-order valence-corrected chi connectivity index (χ1v) is 3.59. The van der Waals surface area contributed by atoms with Crippen LogP contribution in [0.1, 0.15) is 15.9 Å². The van der Waals surface area contributed by atoms with Gasteiger partial charge in [0, 0.05) is 5.56 Å². The second-order valence-corrected chi connectivity index (χ2v) is 2.53. The van der Waals surface area contributed by atoms with Crippen molar-refractivity contribution in [1.82, 2.24) is 5.43 Å². The molecular weight excluding hydrogens is 197 g/mol. The molecule has 0 atom stereocenters. The summed E-state index contributed by atoms with van der Waals surface area (Å²) < 4.78 is 42.8. The van der Waals surface area contributed by atoms with Crippen LogP contribution in [0.15, 0.2) is 24.3 Å². The van der Waals surface area contributed by atoms with Crippen LogP contribution in [0.4, 0.5) is 13.2 Å². The van der Waals surface area contributed by atoms with Gasteiger partial charge in [-0.05, 0) is 24.3 Å². The summed E-state index contributed by atoms with van der Waals surface area (Å²) in [6.07, 6.45) is -4.41. The van der Waals surface area contributed by atoms with Crippen molar-refractivity contribution in [2.24, 2.45) is 5.84 Å². The highest BCUT2D eigenvalue weighted by atomic mass is 19.4. The van der Waals surface area contributed by atoms with E-state index in [0.29, 0.717) is 0 Å². The van der Waals surface area contributed by atoms with E-state index in [2.05, 4.69) is 0 Å². The van der Waals surface area contributed by atoms with Crippen molar-refractivity contribution >= 4 is 5.91 Å². The Morgan fingerprint density at radius 1 is 1.36 bits per heavy atom. The minimum atomic E-state index is -4.41. The fourth-order valence-corrected chi connectivity index (χ4v) is 0.883.